The highest BCUT2D eigenvalue weighted by Crippen LogP contribution is 2.39. The summed E-state index contributed by atoms with van der Waals surface area (Å²) in [5.74, 6) is 0. The van der Waals surface area contributed by atoms with Gasteiger partial charge in [-0.2, -0.15) is 0 Å². The third-order valence-corrected chi connectivity index (χ3v) is 3.98. The standard InChI is InChI=1S/C15H23O6P/c1-20-7-3-5-12-9-13(6-4-8-21-2)11-14(10-12)15(16)22(17,18)19/h9-11H,3-8H2,1-2H3,(H2,17,18,19). The molecule has 6 nitrogen and oxygen atoms in total. The lowest BCUT2D eigenvalue weighted by Gasteiger charge is -2.10. The van der Waals surface area contributed by atoms with Gasteiger partial charge in [0.15, 0.2) is 0 Å². The Morgan fingerprint density at radius 2 is 1.45 bits per heavy atom. The maximum Gasteiger partial charge on any atom is 0.396 e. The highest BCUT2D eigenvalue weighted by Gasteiger charge is 2.27. The Balaban J connectivity index is 2.98. The fraction of sp³-hybridized carbons (Fsp3) is 0.533. The van der Waals surface area contributed by atoms with Gasteiger partial charge in [-0.25, -0.2) is 0 Å². The van der Waals surface area contributed by atoms with Crippen LogP contribution in [0.1, 0.15) is 34.3 Å². The second-order valence-corrected chi connectivity index (χ2v) is 6.57. The molecule has 1 aromatic carbocycles. The van der Waals surface area contributed by atoms with Gasteiger partial charge in [0.05, 0.1) is 0 Å². The molecule has 0 heterocycles. The Labute approximate surface area is 130 Å². The molecule has 0 saturated heterocycles. The zero-order valence-corrected chi connectivity index (χ0v) is 13.8. The number of methoxy groups -OCH3 is 2. The number of ether oxygens (including phenoxy) is 2. The summed E-state index contributed by atoms with van der Waals surface area (Å²) in [6.45, 7) is 1.19. The number of hydrogen-bond donors (Lipinski definition) is 2. The average molecular weight is 330 g/mol. The first-order chi connectivity index (χ1) is 10.4. The molecule has 0 unspecified atom stereocenters. The molecule has 0 aliphatic carbocycles. The van der Waals surface area contributed by atoms with Gasteiger partial charge in [-0.05, 0) is 48.9 Å². The van der Waals surface area contributed by atoms with Gasteiger partial charge in [-0.3, -0.25) is 9.36 Å². The molecular weight excluding hydrogens is 307 g/mol. The van der Waals surface area contributed by atoms with Gasteiger partial charge in [0, 0.05) is 33.0 Å². The van der Waals surface area contributed by atoms with E-state index >= 15 is 0 Å². The van der Waals surface area contributed by atoms with Crippen LogP contribution >= 0.6 is 7.60 Å². The van der Waals surface area contributed by atoms with E-state index in [0.717, 1.165) is 24.0 Å². The van der Waals surface area contributed by atoms with Crippen LogP contribution in [0.4, 0.5) is 0 Å². The maximum absolute atomic E-state index is 11.8. The Bertz CT molecular complexity index is 509. The van der Waals surface area contributed by atoms with Gasteiger partial charge in [-0.1, -0.05) is 6.07 Å². The predicted octanol–water partition coefficient (Wildman–Crippen LogP) is 2.16. The van der Waals surface area contributed by atoms with E-state index in [2.05, 4.69) is 0 Å². The number of carbonyl (C=O) groups excluding carboxylic acids is 1. The second kappa shape index (κ2) is 9.18. The molecule has 0 aliphatic rings. The molecular formula is C15H23O6P. The molecule has 0 radical (unpaired) electrons. The van der Waals surface area contributed by atoms with Crippen LogP contribution in [0.25, 0.3) is 0 Å². The third kappa shape index (κ3) is 6.38. The maximum atomic E-state index is 11.8. The molecule has 22 heavy (non-hydrogen) atoms. The van der Waals surface area contributed by atoms with Crippen LogP contribution in [0.2, 0.25) is 0 Å². The van der Waals surface area contributed by atoms with E-state index in [1.165, 1.54) is 0 Å². The van der Waals surface area contributed by atoms with Crippen molar-refractivity contribution in [1.82, 2.24) is 0 Å². The summed E-state index contributed by atoms with van der Waals surface area (Å²) in [6.07, 6.45) is 2.93. The van der Waals surface area contributed by atoms with Crippen molar-refractivity contribution < 1.29 is 28.6 Å². The van der Waals surface area contributed by atoms with Crippen LogP contribution in [-0.4, -0.2) is 42.7 Å². The first kappa shape index (κ1) is 19.0. The second-order valence-electron chi connectivity index (χ2n) is 5.08. The lowest BCUT2D eigenvalue weighted by molar-refractivity contribution is 0.104. The Kier molecular flexibility index (Phi) is 7.93. The van der Waals surface area contributed by atoms with E-state index in [-0.39, 0.29) is 5.56 Å². The molecule has 0 spiro atoms. The van der Waals surface area contributed by atoms with Gasteiger partial charge in [0.2, 0.25) is 0 Å². The molecule has 0 fully saturated rings. The smallest absolute Gasteiger partial charge is 0.385 e. The van der Waals surface area contributed by atoms with Crippen molar-refractivity contribution in [3.63, 3.8) is 0 Å². The van der Waals surface area contributed by atoms with E-state index in [0.29, 0.717) is 26.1 Å². The third-order valence-electron chi connectivity index (χ3n) is 3.19. The lowest BCUT2D eigenvalue weighted by atomic mass is 10.00. The summed E-state index contributed by atoms with van der Waals surface area (Å²) < 4.78 is 21.2. The summed E-state index contributed by atoms with van der Waals surface area (Å²) in [7, 11) is -1.54. The summed E-state index contributed by atoms with van der Waals surface area (Å²) in [4.78, 5) is 30.0. The van der Waals surface area contributed by atoms with Crippen molar-refractivity contribution >= 4 is 13.1 Å². The highest BCUT2D eigenvalue weighted by molar-refractivity contribution is 7.70. The summed E-state index contributed by atoms with van der Waals surface area (Å²) in [5, 5.41) is 0. The topological polar surface area (TPSA) is 93.1 Å². The number of hydrogen-bond acceptors (Lipinski definition) is 4. The number of benzene rings is 1. The molecule has 1 aromatic rings. The molecule has 2 N–H and O–H groups in total. The summed E-state index contributed by atoms with van der Waals surface area (Å²) >= 11 is 0. The monoisotopic (exact) mass is 330 g/mol. The molecule has 0 aliphatic heterocycles. The lowest BCUT2D eigenvalue weighted by Crippen LogP contribution is -2.04. The van der Waals surface area contributed by atoms with E-state index in [4.69, 9.17) is 19.3 Å². The molecule has 0 amide bonds. The van der Waals surface area contributed by atoms with Crippen molar-refractivity contribution in [2.24, 2.45) is 0 Å². The van der Waals surface area contributed by atoms with Crippen LogP contribution in [0, 0.1) is 0 Å². The fourth-order valence-corrected chi connectivity index (χ4v) is 2.65. The highest BCUT2D eigenvalue weighted by atomic mass is 31.2. The number of aryl methyl sites for hydroxylation is 2. The molecule has 0 atom stereocenters. The predicted molar refractivity (Wildman–Crippen MR) is 83.2 cm³/mol. The van der Waals surface area contributed by atoms with E-state index < -0.39 is 13.1 Å². The van der Waals surface area contributed by atoms with Gasteiger partial charge < -0.3 is 19.3 Å². The van der Waals surface area contributed by atoms with Crippen LogP contribution < -0.4 is 0 Å². The van der Waals surface area contributed by atoms with Crippen molar-refractivity contribution in [3.8, 4) is 0 Å². The van der Waals surface area contributed by atoms with E-state index in [1.807, 2.05) is 6.07 Å². The largest absolute Gasteiger partial charge is 0.396 e. The molecule has 0 aromatic heterocycles. The van der Waals surface area contributed by atoms with Crippen LogP contribution in [0.3, 0.4) is 0 Å². The van der Waals surface area contributed by atoms with Crippen LogP contribution in [0.5, 0.6) is 0 Å². The summed E-state index contributed by atoms with van der Waals surface area (Å²) in [6, 6.07) is 5.07. The van der Waals surface area contributed by atoms with Gasteiger partial charge in [-0.15, -0.1) is 0 Å². The van der Waals surface area contributed by atoms with Crippen molar-refractivity contribution in [3.05, 3.63) is 34.9 Å². The van der Waals surface area contributed by atoms with Crippen molar-refractivity contribution in [2.45, 2.75) is 25.7 Å². The minimum atomic E-state index is -4.77. The van der Waals surface area contributed by atoms with Crippen molar-refractivity contribution in [2.75, 3.05) is 27.4 Å². The molecule has 124 valence electrons. The zero-order chi connectivity index (χ0) is 16.6. The SMILES string of the molecule is COCCCc1cc(CCCOC)cc(C(=O)P(=O)(O)O)c1. The average Bonchev–Trinajstić information content (AvgIpc) is 2.46. The Hall–Kier alpha value is -1.04. The first-order valence-electron chi connectivity index (χ1n) is 7.09. The Morgan fingerprint density at radius 1 is 1.00 bits per heavy atom. The van der Waals surface area contributed by atoms with Gasteiger partial charge in [0.1, 0.15) is 0 Å². The molecule has 0 saturated carbocycles. The fourth-order valence-electron chi connectivity index (χ4n) is 2.18. The number of carbonyl (C=O) groups is 1. The minimum absolute atomic E-state index is 0.0654. The Morgan fingerprint density at radius 3 is 1.82 bits per heavy atom. The minimum Gasteiger partial charge on any atom is -0.385 e. The first-order valence-corrected chi connectivity index (χ1v) is 8.71. The van der Waals surface area contributed by atoms with E-state index in [9.17, 15) is 9.36 Å². The zero-order valence-electron chi connectivity index (χ0n) is 12.9. The van der Waals surface area contributed by atoms with Crippen LogP contribution in [0.15, 0.2) is 18.2 Å². The normalized spacial score (nSPS) is 11.6. The molecule has 7 heteroatoms. The summed E-state index contributed by atoms with van der Waals surface area (Å²) in [5.41, 5.74) is 0.692. The quantitative estimate of drug-likeness (QED) is 0.504. The van der Waals surface area contributed by atoms with Gasteiger partial charge >= 0.3 is 7.60 Å². The molecule has 1 rings (SSSR count). The molecule has 0 bridgehead atoms. The van der Waals surface area contributed by atoms with E-state index in [1.54, 1.807) is 26.4 Å². The van der Waals surface area contributed by atoms with Gasteiger partial charge in [0.25, 0.3) is 5.52 Å². The van der Waals surface area contributed by atoms with Crippen molar-refractivity contribution in [1.29, 1.82) is 0 Å². The van der Waals surface area contributed by atoms with Crippen LogP contribution in [-0.2, 0) is 26.9 Å². The number of rotatable bonds is 10.